The maximum Gasteiger partial charge on any atom is 0.269 e. The largest absolute Gasteiger partial charge is 0.497 e. The molecule has 1 amide bonds. The second-order valence-electron chi connectivity index (χ2n) is 5.10. The first kappa shape index (κ1) is 13.8. The van der Waals surface area contributed by atoms with Gasteiger partial charge in [0, 0.05) is 18.5 Å². The van der Waals surface area contributed by atoms with Crippen LogP contribution in [0.4, 0.5) is 0 Å². The molecule has 1 aliphatic heterocycles. The lowest BCUT2D eigenvalue weighted by Gasteiger charge is -2.10. The number of aromatic nitrogens is 1. The minimum atomic E-state index is -0.164. The molecule has 5 nitrogen and oxygen atoms in total. The molecule has 21 heavy (non-hydrogen) atoms. The van der Waals surface area contributed by atoms with Crippen molar-refractivity contribution in [3.05, 3.63) is 36.0 Å². The lowest BCUT2D eigenvalue weighted by molar-refractivity contribution is 0.0854. The van der Waals surface area contributed by atoms with Gasteiger partial charge in [0.25, 0.3) is 5.91 Å². The first-order valence-electron chi connectivity index (χ1n) is 7.11. The van der Waals surface area contributed by atoms with Gasteiger partial charge in [0.2, 0.25) is 0 Å². The Labute approximate surface area is 123 Å². The molecule has 1 aliphatic rings. The van der Waals surface area contributed by atoms with Crippen LogP contribution in [0.2, 0.25) is 0 Å². The summed E-state index contributed by atoms with van der Waals surface area (Å²) < 4.78 is 10.7. The first-order chi connectivity index (χ1) is 10.3. The maximum absolute atomic E-state index is 12.1. The lowest BCUT2D eigenvalue weighted by atomic mass is 10.2. The average molecular weight is 286 g/mol. The number of pyridine rings is 1. The molecule has 1 aromatic carbocycles. The Bertz CT molecular complexity index is 651. The number of hydrogen-bond donors (Lipinski definition) is 1. The Hall–Kier alpha value is -2.14. The van der Waals surface area contributed by atoms with E-state index in [9.17, 15) is 4.79 Å². The maximum atomic E-state index is 12.1. The number of benzene rings is 1. The van der Waals surface area contributed by atoms with Gasteiger partial charge in [-0.05, 0) is 37.1 Å². The predicted molar refractivity (Wildman–Crippen MR) is 79.6 cm³/mol. The van der Waals surface area contributed by atoms with Crippen molar-refractivity contribution in [1.82, 2.24) is 10.3 Å². The van der Waals surface area contributed by atoms with E-state index in [4.69, 9.17) is 9.47 Å². The predicted octanol–water partition coefficient (Wildman–Crippen LogP) is 2.15. The molecule has 1 fully saturated rings. The van der Waals surface area contributed by atoms with Crippen LogP contribution >= 0.6 is 0 Å². The number of methoxy groups -OCH3 is 1. The average Bonchev–Trinajstić information content (AvgIpc) is 3.05. The summed E-state index contributed by atoms with van der Waals surface area (Å²) in [4.78, 5) is 16.5. The SMILES string of the molecule is COc1ccc2nc(C(=O)NCC3CCCO3)ccc2c1. The lowest BCUT2D eigenvalue weighted by Crippen LogP contribution is -2.32. The molecule has 0 saturated carbocycles. The van der Waals surface area contributed by atoms with Crippen LogP contribution in [0.1, 0.15) is 23.3 Å². The quantitative estimate of drug-likeness (QED) is 0.935. The van der Waals surface area contributed by atoms with Crippen molar-refractivity contribution in [1.29, 1.82) is 0 Å². The highest BCUT2D eigenvalue weighted by atomic mass is 16.5. The third kappa shape index (κ3) is 3.13. The van der Waals surface area contributed by atoms with Crippen molar-refractivity contribution >= 4 is 16.8 Å². The zero-order valence-electron chi connectivity index (χ0n) is 12.0. The van der Waals surface area contributed by atoms with Crippen LogP contribution < -0.4 is 10.1 Å². The van der Waals surface area contributed by atoms with Crippen LogP contribution in [0.5, 0.6) is 5.75 Å². The zero-order valence-corrected chi connectivity index (χ0v) is 12.0. The van der Waals surface area contributed by atoms with Crippen molar-refractivity contribution in [2.45, 2.75) is 18.9 Å². The van der Waals surface area contributed by atoms with Gasteiger partial charge in [-0.25, -0.2) is 4.98 Å². The summed E-state index contributed by atoms with van der Waals surface area (Å²) in [7, 11) is 1.63. The highest BCUT2D eigenvalue weighted by Gasteiger charge is 2.17. The topological polar surface area (TPSA) is 60.5 Å². The van der Waals surface area contributed by atoms with Crippen molar-refractivity contribution in [2.24, 2.45) is 0 Å². The number of fused-ring (bicyclic) bond motifs is 1. The van der Waals surface area contributed by atoms with Gasteiger partial charge in [-0.2, -0.15) is 0 Å². The normalized spacial score (nSPS) is 17.9. The fourth-order valence-electron chi connectivity index (χ4n) is 2.46. The number of rotatable bonds is 4. The minimum Gasteiger partial charge on any atom is -0.497 e. The number of nitrogens with one attached hydrogen (secondary N) is 1. The fourth-order valence-corrected chi connectivity index (χ4v) is 2.46. The van der Waals surface area contributed by atoms with Crippen molar-refractivity contribution in [3.63, 3.8) is 0 Å². The minimum absolute atomic E-state index is 0.138. The summed E-state index contributed by atoms with van der Waals surface area (Å²) in [5.41, 5.74) is 1.20. The van der Waals surface area contributed by atoms with Crippen molar-refractivity contribution < 1.29 is 14.3 Å². The monoisotopic (exact) mass is 286 g/mol. The standard InChI is InChI=1S/C16H18N2O3/c1-20-12-5-7-14-11(9-12)4-6-15(18-14)16(19)17-10-13-3-2-8-21-13/h4-7,9,13H,2-3,8,10H2,1H3,(H,17,19). The van der Waals surface area contributed by atoms with Gasteiger partial charge in [0.1, 0.15) is 11.4 Å². The van der Waals surface area contributed by atoms with E-state index < -0.39 is 0 Å². The smallest absolute Gasteiger partial charge is 0.269 e. The highest BCUT2D eigenvalue weighted by molar-refractivity contribution is 5.95. The number of ether oxygens (including phenoxy) is 2. The third-order valence-corrected chi connectivity index (χ3v) is 3.64. The first-order valence-corrected chi connectivity index (χ1v) is 7.11. The number of carbonyl (C=O) groups is 1. The fraction of sp³-hybridized carbons (Fsp3) is 0.375. The van der Waals surface area contributed by atoms with Crippen LogP contribution in [0, 0.1) is 0 Å². The van der Waals surface area contributed by atoms with E-state index in [0.29, 0.717) is 12.2 Å². The Morgan fingerprint density at radius 3 is 3.10 bits per heavy atom. The number of nitrogens with zero attached hydrogens (tertiary/aromatic N) is 1. The van der Waals surface area contributed by atoms with E-state index in [1.807, 2.05) is 24.3 Å². The van der Waals surface area contributed by atoms with Crippen LogP contribution in [-0.4, -0.2) is 37.3 Å². The van der Waals surface area contributed by atoms with E-state index >= 15 is 0 Å². The molecule has 1 aromatic heterocycles. The van der Waals surface area contributed by atoms with Gasteiger partial charge in [-0.1, -0.05) is 6.07 Å². The molecule has 1 saturated heterocycles. The highest BCUT2D eigenvalue weighted by Crippen LogP contribution is 2.19. The number of carbonyl (C=O) groups excluding carboxylic acids is 1. The summed E-state index contributed by atoms with van der Waals surface area (Å²) in [6.45, 7) is 1.33. The Morgan fingerprint density at radius 2 is 2.33 bits per heavy atom. The molecule has 0 bridgehead atoms. The molecular weight excluding hydrogens is 268 g/mol. The van der Waals surface area contributed by atoms with E-state index in [2.05, 4.69) is 10.3 Å². The summed E-state index contributed by atoms with van der Waals surface area (Å²) in [6.07, 6.45) is 2.21. The van der Waals surface area contributed by atoms with Gasteiger partial charge < -0.3 is 14.8 Å². The molecule has 0 radical (unpaired) electrons. The number of hydrogen-bond acceptors (Lipinski definition) is 4. The van der Waals surface area contributed by atoms with Gasteiger partial charge in [-0.15, -0.1) is 0 Å². The Balaban J connectivity index is 1.72. The van der Waals surface area contributed by atoms with Crippen LogP contribution in [0.25, 0.3) is 10.9 Å². The molecule has 1 atom stereocenters. The van der Waals surface area contributed by atoms with Gasteiger partial charge in [-0.3, -0.25) is 4.79 Å². The van der Waals surface area contributed by atoms with E-state index in [1.54, 1.807) is 13.2 Å². The van der Waals surface area contributed by atoms with Crippen molar-refractivity contribution in [2.75, 3.05) is 20.3 Å². The second-order valence-corrected chi connectivity index (χ2v) is 5.10. The molecule has 1 N–H and O–H groups in total. The molecule has 1 unspecified atom stereocenters. The van der Waals surface area contributed by atoms with Crippen LogP contribution in [-0.2, 0) is 4.74 Å². The van der Waals surface area contributed by atoms with E-state index in [1.165, 1.54) is 0 Å². The number of amides is 1. The molecular formula is C16H18N2O3. The van der Waals surface area contributed by atoms with E-state index in [0.717, 1.165) is 36.1 Å². The summed E-state index contributed by atoms with van der Waals surface area (Å²) >= 11 is 0. The summed E-state index contributed by atoms with van der Waals surface area (Å²) in [5, 5.41) is 3.83. The molecule has 0 aliphatic carbocycles. The van der Waals surface area contributed by atoms with Gasteiger partial charge in [0.15, 0.2) is 0 Å². The van der Waals surface area contributed by atoms with E-state index in [-0.39, 0.29) is 12.0 Å². The molecule has 2 aromatic rings. The molecule has 5 heteroatoms. The summed E-state index contributed by atoms with van der Waals surface area (Å²) in [5.74, 6) is 0.614. The Morgan fingerprint density at radius 1 is 1.43 bits per heavy atom. The molecule has 2 heterocycles. The van der Waals surface area contributed by atoms with Gasteiger partial charge >= 0.3 is 0 Å². The van der Waals surface area contributed by atoms with Crippen molar-refractivity contribution in [3.8, 4) is 5.75 Å². The molecule has 110 valence electrons. The Kier molecular flexibility index (Phi) is 4.01. The van der Waals surface area contributed by atoms with Gasteiger partial charge in [0.05, 0.1) is 18.7 Å². The third-order valence-electron chi connectivity index (χ3n) is 3.64. The zero-order chi connectivity index (χ0) is 14.7. The molecule has 0 spiro atoms. The second kappa shape index (κ2) is 6.10. The van der Waals surface area contributed by atoms with Crippen LogP contribution in [0.15, 0.2) is 30.3 Å². The molecule has 3 rings (SSSR count). The van der Waals surface area contributed by atoms with Crippen LogP contribution in [0.3, 0.4) is 0 Å². The summed E-state index contributed by atoms with van der Waals surface area (Å²) in [6, 6.07) is 9.20.